The molecule has 17 nitrogen and oxygen atoms in total. The first kappa shape index (κ1) is 99.1. The van der Waals surface area contributed by atoms with Crippen LogP contribution in [-0.4, -0.2) is 96.7 Å². The van der Waals surface area contributed by atoms with E-state index < -0.39 is 97.5 Å². The van der Waals surface area contributed by atoms with Crippen molar-refractivity contribution in [2.24, 2.45) is 11.8 Å². The summed E-state index contributed by atoms with van der Waals surface area (Å²) in [5.41, 5.74) is 0. The van der Waals surface area contributed by atoms with E-state index in [9.17, 15) is 43.2 Å². The van der Waals surface area contributed by atoms with Gasteiger partial charge in [-0.2, -0.15) is 0 Å². The van der Waals surface area contributed by atoms with Gasteiger partial charge in [-0.15, -0.1) is 0 Å². The largest absolute Gasteiger partial charge is 0.472 e. The molecule has 2 unspecified atom stereocenters. The first-order valence-corrected chi connectivity index (χ1v) is 45.5. The lowest BCUT2D eigenvalue weighted by Gasteiger charge is -2.21. The molecule has 0 radical (unpaired) electrons. The number of ether oxygens (including phenoxy) is 4. The van der Waals surface area contributed by atoms with Gasteiger partial charge in [-0.25, -0.2) is 9.13 Å². The van der Waals surface area contributed by atoms with Crippen LogP contribution in [0.3, 0.4) is 0 Å². The average Bonchev–Trinajstić information content (AvgIpc) is 1.07. The van der Waals surface area contributed by atoms with Crippen molar-refractivity contribution in [2.75, 3.05) is 39.6 Å². The van der Waals surface area contributed by atoms with Crippen molar-refractivity contribution < 1.29 is 80.2 Å². The van der Waals surface area contributed by atoms with Gasteiger partial charge in [-0.05, 0) is 37.5 Å². The standard InChI is InChI=1S/C82H160O17P2/c1-7-9-11-13-15-17-19-20-21-22-23-24-25-26-27-28-36-42-48-54-60-66-81(86)99-78(71-93-80(85)65-59-53-47-41-35-31-29-33-38-44-50-56-62-74(3)4)73-97-101(90,91)95-69-76(83)68-94-100(88,89)96-72-77(70-92-79(84)64-58-52-46-40-18-16-14-12-10-8-2)98-82(87)67-61-55-49-43-37-32-30-34-39-45-51-57-63-75(5)6/h74-78,83H,7-73H2,1-6H3,(H,88,89)(H,90,91)/t76-,77+,78+/m0/s1. The van der Waals surface area contributed by atoms with Crippen LogP contribution in [0.4, 0.5) is 0 Å². The van der Waals surface area contributed by atoms with Crippen molar-refractivity contribution in [3.8, 4) is 0 Å². The highest BCUT2D eigenvalue weighted by Gasteiger charge is 2.30. The van der Waals surface area contributed by atoms with E-state index in [0.717, 1.165) is 102 Å². The summed E-state index contributed by atoms with van der Waals surface area (Å²) in [5, 5.41) is 10.6. The molecule has 0 aliphatic carbocycles. The number of phosphoric acid groups is 2. The fourth-order valence-electron chi connectivity index (χ4n) is 12.7. The van der Waals surface area contributed by atoms with Crippen LogP contribution in [0.15, 0.2) is 0 Å². The Balaban J connectivity index is 5.22. The van der Waals surface area contributed by atoms with Crippen LogP contribution in [0, 0.1) is 11.8 Å². The minimum absolute atomic E-state index is 0.107. The first-order chi connectivity index (χ1) is 48.9. The highest BCUT2D eigenvalue weighted by molar-refractivity contribution is 7.47. The normalized spacial score (nSPS) is 13.9. The molecule has 0 aromatic carbocycles. The van der Waals surface area contributed by atoms with E-state index in [1.807, 2.05) is 0 Å². The number of esters is 4. The smallest absolute Gasteiger partial charge is 0.462 e. The maximum atomic E-state index is 13.1. The van der Waals surface area contributed by atoms with Gasteiger partial charge < -0.3 is 33.8 Å². The quantitative estimate of drug-likeness (QED) is 0.0222. The molecule has 0 aliphatic rings. The predicted molar refractivity (Wildman–Crippen MR) is 414 cm³/mol. The van der Waals surface area contributed by atoms with Gasteiger partial charge in [0.1, 0.15) is 19.3 Å². The number of carbonyl (C=O) groups is 4. The summed E-state index contributed by atoms with van der Waals surface area (Å²) in [4.78, 5) is 73.0. The summed E-state index contributed by atoms with van der Waals surface area (Å²) in [6, 6.07) is 0. The maximum Gasteiger partial charge on any atom is 0.472 e. The average molecular weight is 1480 g/mol. The third-order valence-corrected chi connectivity index (χ3v) is 21.1. The Hall–Kier alpha value is -1.94. The Bertz CT molecular complexity index is 1940. The van der Waals surface area contributed by atoms with Crippen molar-refractivity contribution in [3.63, 3.8) is 0 Å². The fraction of sp³-hybridized carbons (Fsp3) is 0.951. The number of hydrogen-bond acceptors (Lipinski definition) is 15. The summed E-state index contributed by atoms with van der Waals surface area (Å²) in [5.74, 6) is -0.549. The van der Waals surface area contributed by atoms with Gasteiger partial charge in [0.25, 0.3) is 0 Å². The second-order valence-electron chi connectivity index (χ2n) is 30.5. The molecule has 0 fully saturated rings. The number of hydrogen-bond donors (Lipinski definition) is 3. The van der Waals surface area contributed by atoms with Gasteiger partial charge in [-0.1, -0.05) is 382 Å². The summed E-state index contributed by atoms with van der Waals surface area (Å²) >= 11 is 0. The van der Waals surface area contributed by atoms with Crippen LogP contribution in [0.2, 0.25) is 0 Å². The molecule has 0 spiro atoms. The molecule has 0 aliphatic heterocycles. The van der Waals surface area contributed by atoms with Crippen molar-refractivity contribution in [1.82, 2.24) is 0 Å². The zero-order chi connectivity index (χ0) is 74.2. The summed E-state index contributed by atoms with van der Waals surface area (Å²) in [6.45, 7) is 9.65. The molecule has 101 heavy (non-hydrogen) atoms. The Morgan fingerprint density at radius 1 is 0.267 bits per heavy atom. The Morgan fingerprint density at radius 3 is 0.673 bits per heavy atom. The lowest BCUT2D eigenvalue weighted by atomic mass is 10.0. The Labute approximate surface area is 619 Å². The minimum atomic E-state index is -4.96. The van der Waals surface area contributed by atoms with Crippen molar-refractivity contribution in [3.05, 3.63) is 0 Å². The van der Waals surface area contributed by atoms with E-state index in [4.69, 9.17) is 37.0 Å². The third-order valence-electron chi connectivity index (χ3n) is 19.2. The summed E-state index contributed by atoms with van der Waals surface area (Å²) in [7, 11) is -9.92. The number of rotatable bonds is 81. The van der Waals surface area contributed by atoms with Crippen molar-refractivity contribution >= 4 is 39.5 Å². The SMILES string of the molecule is CCCCCCCCCCCCCCCCCCCCCCCC(=O)O[C@H](COC(=O)CCCCCCCCCCCCCCC(C)C)COP(=O)(O)OC[C@@H](O)COP(=O)(O)OC[C@@H](COC(=O)CCCCCCCCCCCC)OC(=O)CCCCCCCCCCCCCCC(C)C. The van der Waals surface area contributed by atoms with Gasteiger partial charge in [0, 0.05) is 25.7 Å². The lowest BCUT2D eigenvalue weighted by Crippen LogP contribution is -2.30. The van der Waals surface area contributed by atoms with E-state index in [2.05, 4.69) is 41.5 Å². The van der Waals surface area contributed by atoms with Crippen LogP contribution in [0.5, 0.6) is 0 Å². The first-order valence-electron chi connectivity index (χ1n) is 42.5. The van der Waals surface area contributed by atoms with Crippen molar-refractivity contribution in [1.29, 1.82) is 0 Å². The molecule has 0 heterocycles. The van der Waals surface area contributed by atoms with Crippen LogP contribution >= 0.6 is 15.6 Å². The molecule has 5 atom stereocenters. The van der Waals surface area contributed by atoms with E-state index in [0.29, 0.717) is 25.7 Å². The van der Waals surface area contributed by atoms with Gasteiger partial charge >= 0.3 is 39.5 Å². The van der Waals surface area contributed by atoms with Crippen LogP contribution in [-0.2, 0) is 65.4 Å². The molecule has 0 aromatic rings. The molecule has 0 aromatic heterocycles. The molecule has 0 saturated heterocycles. The monoisotopic (exact) mass is 1480 g/mol. The predicted octanol–water partition coefficient (Wildman–Crippen LogP) is 24.7. The van der Waals surface area contributed by atoms with Gasteiger partial charge in [0.15, 0.2) is 12.2 Å². The van der Waals surface area contributed by atoms with E-state index in [1.54, 1.807) is 0 Å². The summed E-state index contributed by atoms with van der Waals surface area (Å²) < 4.78 is 68.7. The second-order valence-corrected chi connectivity index (χ2v) is 33.4. The van der Waals surface area contributed by atoms with Crippen molar-refractivity contribution in [2.45, 2.75) is 452 Å². The second kappa shape index (κ2) is 73.6. The number of phosphoric ester groups is 2. The molecule has 0 bridgehead atoms. The van der Waals surface area contributed by atoms with Crippen LogP contribution in [0.1, 0.15) is 433 Å². The zero-order valence-electron chi connectivity index (χ0n) is 66.2. The molecule has 600 valence electrons. The van der Waals surface area contributed by atoms with Gasteiger partial charge in [0.2, 0.25) is 0 Å². The molecule has 0 amide bonds. The van der Waals surface area contributed by atoms with E-state index in [-0.39, 0.29) is 25.7 Å². The molecule has 3 N–H and O–H groups in total. The van der Waals surface area contributed by atoms with E-state index >= 15 is 0 Å². The number of aliphatic hydroxyl groups is 1. The van der Waals surface area contributed by atoms with E-state index in [1.165, 1.54) is 250 Å². The number of carbonyl (C=O) groups excluding carboxylic acids is 4. The minimum Gasteiger partial charge on any atom is -0.462 e. The van der Waals surface area contributed by atoms with Gasteiger partial charge in [-0.3, -0.25) is 37.3 Å². The molecular formula is C82H160O17P2. The molecule has 0 saturated carbocycles. The third kappa shape index (κ3) is 76.1. The van der Waals surface area contributed by atoms with Gasteiger partial charge in [0.05, 0.1) is 26.4 Å². The Morgan fingerprint density at radius 2 is 0.455 bits per heavy atom. The highest BCUT2D eigenvalue weighted by Crippen LogP contribution is 2.45. The van der Waals surface area contributed by atoms with Crippen LogP contribution < -0.4 is 0 Å². The molecule has 19 heteroatoms. The van der Waals surface area contributed by atoms with Crippen LogP contribution in [0.25, 0.3) is 0 Å². The molecule has 0 rings (SSSR count). The highest BCUT2D eigenvalue weighted by atomic mass is 31.2. The number of aliphatic hydroxyl groups excluding tert-OH is 1. The molecular weight excluding hydrogens is 1320 g/mol. The summed E-state index contributed by atoms with van der Waals surface area (Å²) in [6.07, 6.45) is 63.8. The topological polar surface area (TPSA) is 237 Å². The Kier molecular flexibility index (Phi) is 72.2. The lowest BCUT2D eigenvalue weighted by molar-refractivity contribution is -0.161. The number of unbranched alkanes of at least 4 members (excludes halogenated alkanes) is 51. The fourth-order valence-corrected chi connectivity index (χ4v) is 14.3. The maximum absolute atomic E-state index is 13.1. The zero-order valence-corrected chi connectivity index (χ0v) is 68.0.